The van der Waals surface area contributed by atoms with Gasteiger partial charge in [-0.05, 0) is 92.2 Å². The summed E-state index contributed by atoms with van der Waals surface area (Å²) >= 11 is 9.79. The molecule has 0 fully saturated rings. The van der Waals surface area contributed by atoms with E-state index in [9.17, 15) is 17.6 Å². The Bertz CT molecular complexity index is 3100. The molecule has 316 valence electrons. The SMILES string of the molecule is N=c1ncn(CCc2cccc(F)c2F)c2nc(Sc3cc4c(cc3Br)OCO4)[nH]c12.Nc1ncnc2c1nc(Sc1cc3c(cc1Br)OCO3)n2CCc1cccc(F)c1F. The molecule has 0 aliphatic carbocycles. The molecular formula is C40H28Br2F4N10O4S2. The molecule has 4 aromatic heterocycles. The van der Waals surface area contributed by atoms with E-state index in [2.05, 4.69) is 61.8 Å². The van der Waals surface area contributed by atoms with Gasteiger partial charge in [0.2, 0.25) is 13.6 Å². The monoisotopic (exact) mass is 1010 g/mol. The third kappa shape index (κ3) is 8.38. The number of aryl methyl sites for hydroxylation is 4. The Hall–Kier alpha value is -5.84. The van der Waals surface area contributed by atoms with E-state index in [1.54, 1.807) is 16.7 Å². The molecule has 4 aromatic carbocycles. The highest BCUT2D eigenvalue weighted by molar-refractivity contribution is 9.10. The van der Waals surface area contributed by atoms with Crippen molar-refractivity contribution in [1.82, 2.24) is 39.0 Å². The highest BCUT2D eigenvalue weighted by Gasteiger charge is 2.22. The summed E-state index contributed by atoms with van der Waals surface area (Å²) in [5.74, 6) is -0.608. The Morgan fingerprint density at radius 2 is 1.31 bits per heavy atom. The largest absolute Gasteiger partial charge is 0.454 e. The zero-order valence-corrected chi connectivity index (χ0v) is 36.4. The van der Waals surface area contributed by atoms with E-state index in [0.29, 0.717) is 68.7 Å². The van der Waals surface area contributed by atoms with E-state index in [1.807, 2.05) is 28.8 Å². The molecule has 0 spiro atoms. The van der Waals surface area contributed by atoms with Crippen LogP contribution in [-0.2, 0) is 25.9 Å². The van der Waals surface area contributed by atoms with Crippen molar-refractivity contribution >= 4 is 83.5 Å². The summed E-state index contributed by atoms with van der Waals surface area (Å²) in [6, 6.07) is 15.6. The van der Waals surface area contributed by atoms with E-state index in [1.165, 1.54) is 48.3 Å². The summed E-state index contributed by atoms with van der Waals surface area (Å²) < 4.78 is 82.0. The number of nitrogens with one attached hydrogen (secondary N) is 2. The van der Waals surface area contributed by atoms with Crippen molar-refractivity contribution in [3.8, 4) is 23.0 Å². The number of H-pyrrole nitrogens is 1. The molecule has 6 heterocycles. The van der Waals surface area contributed by atoms with Crippen LogP contribution in [0.2, 0.25) is 0 Å². The summed E-state index contributed by atoms with van der Waals surface area (Å²) in [6.45, 7) is 0.991. The zero-order valence-electron chi connectivity index (χ0n) is 31.6. The average Bonchev–Trinajstić information content (AvgIpc) is 4.07. The maximum Gasteiger partial charge on any atom is 0.231 e. The number of rotatable bonds is 10. The lowest BCUT2D eigenvalue weighted by molar-refractivity contribution is 0.173. The Morgan fingerprint density at radius 1 is 0.726 bits per heavy atom. The van der Waals surface area contributed by atoms with Crippen LogP contribution in [0.3, 0.4) is 0 Å². The summed E-state index contributed by atoms with van der Waals surface area (Å²) in [5, 5.41) is 9.23. The molecule has 2 aliphatic heterocycles. The number of benzene rings is 4. The second-order valence-electron chi connectivity index (χ2n) is 13.4. The average molecular weight is 1010 g/mol. The van der Waals surface area contributed by atoms with Gasteiger partial charge in [0.25, 0.3) is 0 Å². The van der Waals surface area contributed by atoms with E-state index in [-0.39, 0.29) is 48.9 Å². The second kappa shape index (κ2) is 17.5. The summed E-state index contributed by atoms with van der Waals surface area (Å²) in [5.41, 5.74) is 8.51. The van der Waals surface area contributed by atoms with Crippen molar-refractivity contribution < 1.29 is 36.5 Å². The number of ether oxygens (including phenoxy) is 4. The van der Waals surface area contributed by atoms with Gasteiger partial charge in [-0.25, -0.2) is 42.5 Å². The van der Waals surface area contributed by atoms with Crippen LogP contribution < -0.4 is 30.2 Å². The van der Waals surface area contributed by atoms with E-state index in [0.717, 1.165) is 30.9 Å². The molecule has 0 atom stereocenters. The lowest BCUT2D eigenvalue weighted by atomic mass is 10.1. The smallest absolute Gasteiger partial charge is 0.231 e. The first kappa shape index (κ1) is 41.5. The van der Waals surface area contributed by atoms with Gasteiger partial charge in [0.05, 0.1) is 6.33 Å². The van der Waals surface area contributed by atoms with Gasteiger partial charge in [0.1, 0.15) is 11.8 Å². The van der Waals surface area contributed by atoms with Crippen LogP contribution in [0.1, 0.15) is 11.1 Å². The van der Waals surface area contributed by atoms with Gasteiger partial charge in [-0.15, -0.1) is 0 Å². The minimum absolute atomic E-state index is 0.0484. The van der Waals surface area contributed by atoms with Crippen LogP contribution in [0.25, 0.3) is 22.3 Å². The predicted octanol–water partition coefficient (Wildman–Crippen LogP) is 8.97. The third-order valence-corrected chi connectivity index (χ3v) is 13.4. The first-order chi connectivity index (χ1) is 30.0. The molecule has 10 rings (SSSR count). The normalized spacial score (nSPS) is 12.6. The van der Waals surface area contributed by atoms with E-state index >= 15 is 0 Å². The van der Waals surface area contributed by atoms with E-state index < -0.39 is 23.3 Å². The van der Waals surface area contributed by atoms with Gasteiger partial charge in [0.15, 0.2) is 84.7 Å². The molecule has 0 radical (unpaired) electrons. The van der Waals surface area contributed by atoms with Crippen LogP contribution in [0.5, 0.6) is 23.0 Å². The van der Waals surface area contributed by atoms with Gasteiger partial charge in [-0.2, -0.15) is 0 Å². The maximum absolute atomic E-state index is 14.2. The number of hydrogen-bond acceptors (Lipinski definition) is 13. The van der Waals surface area contributed by atoms with Crippen molar-refractivity contribution in [2.75, 3.05) is 19.3 Å². The van der Waals surface area contributed by atoms with Gasteiger partial charge < -0.3 is 38.8 Å². The van der Waals surface area contributed by atoms with Gasteiger partial charge in [-0.3, -0.25) is 5.41 Å². The Balaban J connectivity index is 0.000000158. The number of aromatic amines is 1. The Kier molecular flexibility index (Phi) is 11.7. The fourth-order valence-electron chi connectivity index (χ4n) is 6.50. The minimum atomic E-state index is -0.876. The first-order valence-corrected chi connectivity index (χ1v) is 21.6. The third-order valence-electron chi connectivity index (χ3n) is 9.58. The molecule has 4 N–H and O–H groups in total. The van der Waals surface area contributed by atoms with Crippen molar-refractivity contribution in [3.63, 3.8) is 0 Å². The number of imidazole rings is 2. The molecule has 8 aromatic rings. The van der Waals surface area contributed by atoms with E-state index in [4.69, 9.17) is 30.1 Å². The highest BCUT2D eigenvalue weighted by atomic mass is 79.9. The maximum atomic E-state index is 14.2. The molecule has 62 heavy (non-hydrogen) atoms. The molecule has 22 heteroatoms. The van der Waals surface area contributed by atoms with Crippen molar-refractivity contribution in [1.29, 1.82) is 5.41 Å². The summed E-state index contributed by atoms with van der Waals surface area (Å²) in [4.78, 5) is 26.4. The fourth-order valence-corrected chi connectivity index (χ4v) is 9.39. The molecule has 0 saturated carbocycles. The van der Waals surface area contributed by atoms with Crippen LogP contribution in [0.4, 0.5) is 23.4 Å². The van der Waals surface area contributed by atoms with Crippen LogP contribution in [-0.4, -0.2) is 52.6 Å². The number of nitrogens with two attached hydrogens (primary N) is 1. The van der Waals surface area contributed by atoms with Crippen molar-refractivity contribution in [3.05, 3.63) is 122 Å². The van der Waals surface area contributed by atoms with Crippen molar-refractivity contribution in [2.24, 2.45) is 0 Å². The number of aromatic nitrogens is 8. The molecular weight excluding hydrogens is 984 g/mol. The number of hydrogen-bond donors (Lipinski definition) is 3. The van der Waals surface area contributed by atoms with Crippen LogP contribution in [0.15, 0.2) is 102 Å². The molecule has 0 bridgehead atoms. The fraction of sp³-hybridized carbons (Fsp3) is 0.150. The van der Waals surface area contributed by atoms with Crippen LogP contribution >= 0.6 is 55.4 Å². The van der Waals surface area contributed by atoms with Crippen molar-refractivity contribution in [2.45, 2.75) is 46.0 Å². The van der Waals surface area contributed by atoms with Gasteiger partial charge in [-0.1, -0.05) is 47.8 Å². The number of halogens is 6. The number of fused-ring (bicyclic) bond motifs is 4. The highest BCUT2D eigenvalue weighted by Crippen LogP contribution is 2.44. The number of nitrogens with zero attached hydrogens (tertiary/aromatic N) is 7. The topological polar surface area (TPSA) is 177 Å². The predicted molar refractivity (Wildman–Crippen MR) is 226 cm³/mol. The molecule has 2 aliphatic rings. The Labute approximate surface area is 373 Å². The standard InChI is InChI=1S/2C20H14BrF2N5O2S/c21-11-6-13-14(30-9-29-13)7-15(11)31-20-26-17-18(24)25-8-28(19(17)27-20)5-4-10-2-1-3-12(22)16(10)23;21-11-6-13-14(30-9-29-13)7-15(11)31-20-27-17-18(24)25-8-26-19(17)28(20)5-4-10-2-1-3-12(22)16(10)23/h1-3,6-8,24H,4-5,9H2,(H,26,27);1-3,6-8H,4-5,9H2,(H2,24,25,26). The number of anilines is 1. The summed E-state index contributed by atoms with van der Waals surface area (Å²) in [7, 11) is 0. The zero-order chi connectivity index (χ0) is 43.1. The van der Waals surface area contributed by atoms with Crippen LogP contribution in [0, 0.1) is 28.7 Å². The lowest BCUT2D eigenvalue weighted by Gasteiger charge is -2.10. The quantitative estimate of drug-likeness (QED) is 0.111. The molecule has 0 unspecified atom stereocenters. The minimum Gasteiger partial charge on any atom is -0.454 e. The second-order valence-corrected chi connectivity index (χ2v) is 17.2. The molecule has 0 saturated heterocycles. The van der Waals surface area contributed by atoms with Gasteiger partial charge >= 0.3 is 0 Å². The first-order valence-electron chi connectivity index (χ1n) is 18.4. The summed E-state index contributed by atoms with van der Waals surface area (Å²) in [6.07, 6.45) is 3.33. The van der Waals surface area contributed by atoms with Gasteiger partial charge in [0, 0.05) is 31.8 Å². The Morgan fingerprint density at radius 3 is 1.94 bits per heavy atom. The molecule has 14 nitrogen and oxygen atoms in total. The number of nitrogen functional groups attached to an aromatic ring is 1. The lowest BCUT2D eigenvalue weighted by Crippen LogP contribution is -2.14. The molecule has 0 amide bonds.